The van der Waals surface area contributed by atoms with Gasteiger partial charge in [0.05, 0.1) is 11.9 Å². The van der Waals surface area contributed by atoms with Crippen molar-refractivity contribution in [2.45, 2.75) is 53.0 Å². The molecular formula is C22H33N5OS. The molecular weight excluding hydrogens is 382 g/mol. The lowest BCUT2D eigenvalue weighted by atomic mass is 9.94. The Morgan fingerprint density at radius 2 is 1.76 bits per heavy atom. The van der Waals surface area contributed by atoms with E-state index in [1.807, 2.05) is 37.0 Å². The molecule has 4 rings (SSSR count). The number of aromatic nitrogens is 2. The van der Waals surface area contributed by atoms with Crippen LogP contribution in [0.1, 0.15) is 49.9 Å². The molecule has 6 nitrogen and oxygen atoms in total. The number of aryl methyl sites for hydroxylation is 2. The highest BCUT2D eigenvalue weighted by Crippen LogP contribution is 2.40. The number of fused-ring (bicyclic) bond motifs is 3. The van der Waals surface area contributed by atoms with Crippen molar-refractivity contribution in [2.75, 3.05) is 45.2 Å². The van der Waals surface area contributed by atoms with Crippen LogP contribution >= 0.6 is 11.3 Å². The first kappa shape index (κ1) is 20.5. The predicted molar refractivity (Wildman–Crippen MR) is 120 cm³/mol. The van der Waals surface area contributed by atoms with Gasteiger partial charge in [0.1, 0.15) is 16.5 Å². The van der Waals surface area contributed by atoms with Crippen LogP contribution in [0.25, 0.3) is 10.2 Å². The van der Waals surface area contributed by atoms with Crippen molar-refractivity contribution in [3.63, 3.8) is 0 Å². The second kappa shape index (κ2) is 7.84. The van der Waals surface area contributed by atoms with Crippen molar-refractivity contribution >= 4 is 33.3 Å². The van der Waals surface area contributed by atoms with Crippen LogP contribution in [0.3, 0.4) is 0 Å². The Balaban J connectivity index is 1.67. The van der Waals surface area contributed by atoms with Crippen molar-refractivity contribution in [3.8, 4) is 0 Å². The maximum Gasteiger partial charge on any atom is 0.228 e. The molecule has 2 aromatic rings. The highest BCUT2D eigenvalue weighted by Gasteiger charge is 2.31. The molecule has 3 heterocycles. The molecule has 1 fully saturated rings. The quantitative estimate of drug-likeness (QED) is 0.770. The van der Waals surface area contributed by atoms with E-state index in [1.54, 1.807) is 0 Å². The summed E-state index contributed by atoms with van der Waals surface area (Å²) in [5.74, 6) is 2.23. The van der Waals surface area contributed by atoms with Crippen LogP contribution in [0.4, 0.5) is 5.82 Å². The molecule has 0 N–H and O–H groups in total. The summed E-state index contributed by atoms with van der Waals surface area (Å²) in [7, 11) is 4.12. The van der Waals surface area contributed by atoms with Gasteiger partial charge >= 0.3 is 0 Å². The van der Waals surface area contributed by atoms with E-state index in [4.69, 9.17) is 9.97 Å². The van der Waals surface area contributed by atoms with Gasteiger partial charge in [-0.3, -0.25) is 4.79 Å². The van der Waals surface area contributed by atoms with E-state index in [1.165, 1.54) is 35.1 Å². The summed E-state index contributed by atoms with van der Waals surface area (Å²) in [6.45, 7) is 9.93. The number of anilines is 1. The maximum atomic E-state index is 12.7. The van der Waals surface area contributed by atoms with E-state index in [0.717, 1.165) is 55.6 Å². The normalized spacial score (nSPS) is 17.9. The monoisotopic (exact) mass is 415 g/mol. The van der Waals surface area contributed by atoms with Gasteiger partial charge in [0.2, 0.25) is 5.91 Å². The molecule has 1 saturated heterocycles. The summed E-state index contributed by atoms with van der Waals surface area (Å²) in [5, 5.41) is 1.28. The van der Waals surface area contributed by atoms with E-state index in [2.05, 4.69) is 23.9 Å². The highest BCUT2D eigenvalue weighted by atomic mass is 32.1. The van der Waals surface area contributed by atoms with Gasteiger partial charge in [-0.05, 0) is 45.3 Å². The van der Waals surface area contributed by atoms with Crippen LogP contribution in [-0.4, -0.2) is 65.9 Å². The van der Waals surface area contributed by atoms with Crippen LogP contribution in [0.15, 0.2) is 0 Å². The zero-order valence-corrected chi connectivity index (χ0v) is 19.2. The van der Waals surface area contributed by atoms with Gasteiger partial charge in [-0.15, -0.1) is 11.3 Å². The van der Waals surface area contributed by atoms with Crippen LogP contribution in [-0.2, 0) is 24.2 Å². The molecule has 158 valence electrons. The number of carbonyl (C=O) groups excluding carboxylic acids is 1. The zero-order valence-electron chi connectivity index (χ0n) is 18.4. The third-order valence-corrected chi connectivity index (χ3v) is 6.99. The Bertz CT molecular complexity index is 906. The van der Waals surface area contributed by atoms with Crippen LogP contribution in [0, 0.1) is 5.41 Å². The largest absolute Gasteiger partial charge is 0.352 e. The van der Waals surface area contributed by atoms with Crippen molar-refractivity contribution in [1.82, 2.24) is 19.8 Å². The molecule has 0 radical (unpaired) electrons. The van der Waals surface area contributed by atoms with Crippen molar-refractivity contribution in [3.05, 3.63) is 16.3 Å². The minimum Gasteiger partial charge on any atom is -0.352 e. The van der Waals surface area contributed by atoms with Gasteiger partial charge in [0.15, 0.2) is 0 Å². The van der Waals surface area contributed by atoms with Gasteiger partial charge in [-0.1, -0.05) is 20.8 Å². The number of piperazine rings is 1. The Morgan fingerprint density at radius 1 is 1.07 bits per heavy atom. The van der Waals surface area contributed by atoms with Crippen molar-refractivity contribution in [2.24, 2.45) is 5.41 Å². The molecule has 1 aliphatic heterocycles. The molecule has 2 aliphatic rings. The molecule has 29 heavy (non-hydrogen) atoms. The first-order chi connectivity index (χ1) is 13.7. The number of hydrogen-bond acceptors (Lipinski definition) is 6. The molecule has 0 atom stereocenters. The molecule has 0 aromatic carbocycles. The van der Waals surface area contributed by atoms with E-state index < -0.39 is 0 Å². The smallest absolute Gasteiger partial charge is 0.228 e. The van der Waals surface area contributed by atoms with Gasteiger partial charge < -0.3 is 14.7 Å². The van der Waals surface area contributed by atoms with Crippen LogP contribution < -0.4 is 4.90 Å². The van der Waals surface area contributed by atoms with E-state index in [0.29, 0.717) is 0 Å². The first-order valence-electron chi connectivity index (χ1n) is 10.7. The standard InChI is InChI=1S/C22H33N5OS/c1-22(2,3)21(28)27-12-10-26(11-13-27)19-18-15-8-6-7-9-16(15)29-20(18)24-17(23-19)14-25(4)5/h6-14H2,1-5H3. The third kappa shape index (κ3) is 4.12. The average Bonchev–Trinajstić information content (AvgIpc) is 3.04. The lowest BCUT2D eigenvalue weighted by molar-refractivity contribution is -0.139. The second-order valence-electron chi connectivity index (χ2n) is 9.62. The summed E-state index contributed by atoms with van der Waals surface area (Å²) >= 11 is 1.87. The SMILES string of the molecule is CN(C)Cc1nc(N2CCN(C(=O)C(C)(C)C)CC2)c2c3c(sc2n1)CCCC3. The number of carbonyl (C=O) groups is 1. The Labute approximate surface area is 177 Å². The lowest BCUT2D eigenvalue weighted by Gasteiger charge is -2.38. The van der Waals surface area contributed by atoms with Gasteiger partial charge in [-0.25, -0.2) is 9.97 Å². The van der Waals surface area contributed by atoms with Crippen molar-refractivity contribution in [1.29, 1.82) is 0 Å². The Kier molecular flexibility index (Phi) is 5.55. The first-order valence-corrected chi connectivity index (χ1v) is 11.6. The van der Waals surface area contributed by atoms with Gasteiger partial charge in [0.25, 0.3) is 0 Å². The molecule has 0 bridgehead atoms. The van der Waals surface area contributed by atoms with E-state index >= 15 is 0 Å². The Hall–Kier alpha value is -1.73. The molecule has 7 heteroatoms. The molecule has 0 spiro atoms. The highest BCUT2D eigenvalue weighted by molar-refractivity contribution is 7.19. The number of hydrogen-bond donors (Lipinski definition) is 0. The molecule has 1 amide bonds. The number of thiophene rings is 1. The number of amides is 1. The fourth-order valence-electron chi connectivity index (χ4n) is 4.36. The van der Waals surface area contributed by atoms with Crippen LogP contribution in [0.5, 0.6) is 0 Å². The minimum absolute atomic E-state index is 0.242. The molecule has 0 saturated carbocycles. The van der Waals surface area contributed by atoms with E-state index in [9.17, 15) is 4.79 Å². The summed E-state index contributed by atoms with van der Waals surface area (Å²) < 4.78 is 0. The molecule has 2 aromatic heterocycles. The summed E-state index contributed by atoms with van der Waals surface area (Å²) in [5.41, 5.74) is 1.16. The Morgan fingerprint density at radius 3 is 2.41 bits per heavy atom. The fraction of sp³-hybridized carbons (Fsp3) is 0.682. The predicted octanol–water partition coefficient (Wildman–Crippen LogP) is 3.33. The fourth-order valence-corrected chi connectivity index (χ4v) is 5.63. The minimum atomic E-state index is -0.324. The van der Waals surface area contributed by atoms with E-state index in [-0.39, 0.29) is 11.3 Å². The zero-order chi connectivity index (χ0) is 20.8. The second-order valence-corrected chi connectivity index (χ2v) is 10.7. The van der Waals surface area contributed by atoms with Crippen molar-refractivity contribution < 1.29 is 4.79 Å². The maximum absolute atomic E-state index is 12.7. The van der Waals surface area contributed by atoms with Gasteiger partial charge in [-0.2, -0.15) is 0 Å². The number of nitrogens with zero attached hydrogens (tertiary/aromatic N) is 5. The summed E-state index contributed by atoms with van der Waals surface area (Å²) in [6.07, 6.45) is 4.85. The summed E-state index contributed by atoms with van der Waals surface area (Å²) in [4.78, 5) is 31.8. The molecule has 0 unspecified atom stereocenters. The topological polar surface area (TPSA) is 52.6 Å². The van der Waals surface area contributed by atoms with Gasteiger partial charge in [0, 0.05) is 36.5 Å². The molecule has 1 aliphatic carbocycles. The third-order valence-electron chi connectivity index (χ3n) is 5.81. The lowest BCUT2D eigenvalue weighted by Crippen LogP contribution is -2.52. The van der Waals surface area contributed by atoms with Crippen LogP contribution in [0.2, 0.25) is 0 Å². The number of rotatable bonds is 3. The summed E-state index contributed by atoms with van der Waals surface area (Å²) in [6, 6.07) is 0. The average molecular weight is 416 g/mol.